The fourth-order valence-electron chi connectivity index (χ4n) is 9.61. The van der Waals surface area contributed by atoms with E-state index in [4.69, 9.17) is 10.5 Å². The number of piperidine rings is 1. The molecule has 2 aliphatic carbocycles. The molecule has 2 aromatic carbocycles. The number of carbonyl (C=O) groups is 2. The van der Waals surface area contributed by atoms with Gasteiger partial charge in [-0.3, -0.25) is 9.59 Å². The van der Waals surface area contributed by atoms with Gasteiger partial charge in [0.2, 0.25) is 0 Å². The predicted octanol–water partition coefficient (Wildman–Crippen LogP) is 5.69. The van der Waals surface area contributed by atoms with Crippen LogP contribution >= 0.6 is 0 Å². The molecule has 8 N–H and O–H groups in total. The second kappa shape index (κ2) is 21.0. The van der Waals surface area contributed by atoms with E-state index in [2.05, 4.69) is 40.7 Å². The Kier molecular flexibility index (Phi) is 15.7. The molecule has 10 nitrogen and oxygen atoms in total. The third-order valence-electron chi connectivity index (χ3n) is 12.9. The van der Waals surface area contributed by atoms with Crippen molar-refractivity contribution in [2.24, 2.45) is 35.3 Å². The number of aromatic hydroxyl groups is 1. The second-order valence-electron chi connectivity index (χ2n) is 16.9. The van der Waals surface area contributed by atoms with Crippen LogP contribution in [-0.4, -0.2) is 77.0 Å². The number of aliphatic hydroxyl groups excluding tert-OH is 3. The van der Waals surface area contributed by atoms with Crippen LogP contribution < -0.4 is 21.1 Å². The molecule has 9 atom stereocenters. The summed E-state index contributed by atoms with van der Waals surface area (Å²) in [6.07, 6.45) is 14.4. The summed E-state index contributed by atoms with van der Waals surface area (Å²) in [7, 11) is 1.50. The van der Waals surface area contributed by atoms with E-state index < -0.39 is 24.0 Å². The van der Waals surface area contributed by atoms with E-state index in [-0.39, 0.29) is 42.4 Å². The van der Waals surface area contributed by atoms with Gasteiger partial charge in [0, 0.05) is 50.3 Å². The average molecular weight is 794 g/mol. The van der Waals surface area contributed by atoms with Gasteiger partial charge in [0.25, 0.3) is 0 Å². The second-order valence-corrected chi connectivity index (χ2v) is 16.9. The highest BCUT2D eigenvalue weighted by molar-refractivity contribution is 5.85. The highest BCUT2D eigenvalue weighted by Crippen LogP contribution is 2.39. The van der Waals surface area contributed by atoms with Gasteiger partial charge >= 0.3 is 0 Å². The average Bonchev–Trinajstić information content (AvgIpc) is 3.28. The molecule has 58 heavy (non-hydrogen) atoms. The van der Waals surface area contributed by atoms with Crippen molar-refractivity contribution in [2.45, 2.75) is 108 Å². The fraction of sp³-hybridized carbons (Fsp3) is 0.542. The lowest BCUT2D eigenvalue weighted by Crippen LogP contribution is -2.50. The molecule has 2 fully saturated rings. The van der Waals surface area contributed by atoms with Gasteiger partial charge in [-0.25, -0.2) is 0 Å². The van der Waals surface area contributed by atoms with Crippen LogP contribution in [0.15, 0.2) is 72.1 Å². The van der Waals surface area contributed by atoms with Crippen LogP contribution in [0.25, 0.3) is 6.08 Å². The molecule has 10 heteroatoms. The number of aliphatic hydroxyl groups is 3. The summed E-state index contributed by atoms with van der Waals surface area (Å²) < 4.78 is 5.44. The number of carbonyl (C=O) groups excluding carboxylic acids is 2. The lowest BCUT2D eigenvalue weighted by Gasteiger charge is -2.42. The largest absolute Gasteiger partial charge is 0.504 e. The van der Waals surface area contributed by atoms with Crippen molar-refractivity contribution in [1.82, 2.24) is 10.6 Å². The summed E-state index contributed by atoms with van der Waals surface area (Å²) in [6, 6.07) is 13.8. The number of hydrogen-bond acceptors (Lipinski definition) is 10. The zero-order valence-electron chi connectivity index (χ0n) is 34.0. The van der Waals surface area contributed by atoms with Crippen molar-refractivity contribution in [3.63, 3.8) is 0 Å². The van der Waals surface area contributed by atoms with Crippen molar-refractivity contribution in [3.8, 4) is 23.3 Å². The zero-order chi connectivity index (χ0) is 41.0. The van der Waals surface area contributed by atoms with Gasteiger partial charge in [0.15, 0.2) is 17.3 Å². The molecule has 6 rings (SSSR count). The van der Waals surface area contributed by atoms with Gasteiger partial charge < -0.3 is 41.5 Å². The number of rotatable bonds is 17. The third kappa shape index (κ3) is 11.6. The highest BCUT2D eigenvalue weighted by atomic mass is 16.5. The quantitative estimate of drug-likeness (QED) is 0.0987. The first kappa shape index (κ1) is 43.2. The van der Waals surface area contributed by atoms with Crippen LogP contribution in [-0.2, 0) is 16.0 Å². The summed E-state index contributed by atoms with van der Waals surface area (Å²) in [5.41, 5.74) is 9.90. The van der Waals surface area contributed by atoms with E-state index in [0.29, 0.717) is 93.5 Å². The Balaban J connectivity index is 1.14. The number of nitrogens with one attached hydrogen (secondary N) is 2. The molecule has 1 saturated heterocycles. The molecule has 0 spiro atoms. The standard InChI is InChI=1S/C48H63N3O7/c1-58-47-26-36-15-19-45(56)41(44(55)9-5-8-32(21-23-52)38-24-37-13-17-40(54)28-43(37)51-30-38)18-14-33(42(36)29-46(47)57)12-16-39(53)25-34(35-20-22-50-48(49)27-35)11-10-31-6-3-2-4-7-31/h2-4,6-7,10-11,20,26-27,29,32-34,37-39,41,43-44,50-53,55,57H,5,8-9,12-13,15-17,19,21-25,28,30,49H2,1H3. The summed E-state index contributed by atoms with van der Waals surface area (Å²) in [6.45, 7) is 1.55. The van der Waals surface area contributed by atoms with E-state index in [1.54, 1.807) is 12.1 Å². The minimum absolute atomic E-state index is 0.0119. The first-order valence-electron chi connectivity index (χ1n) is 21.4. The number of benzene rings is 2. The molecule has 312 valence electrons. The molecule has 0 amide bonds. The summed E-state index contributed by atoms with van der Waals surface area (Å²) in [4.78, 5) is 25.8. The van der Waals surface area contributed by atoms with Gasteiger partial charge in [-0.15, -0.1) is 0 Å². The Hall–Kier alpha value is -4.40. The molecule has 0 aromatic heterocycles. The fourth-order valence-corrected chi connectivity index (χ4v) is 9.61. The predicted molar refractivity (Wildman–Crippen MR) is 226 cm³/mol. The number of phenolic OH excluding ortho intramolecular Hbond substituents is 1. The number of dihydropyridines is 1. The molecule has 2 aliphatic heterocycles. The third-order valence-corrected chi connectivity index (χ3v) is 12.9. The lowest BCUT2D eigenvalue weighted by molar-refractivity contribution is -0.124. The van der Waals surface area contributed by atoms with E-state index in [1.165, 1.54) is 7.11 Å². The summed E-state index contributed by atoms with van der Waals surface area (Å²) >= 11 is 0. The molecular formula is C48H63N3O7. The summed E-state index contributed by atoms with van der Waals surface area (Å²) in [5.74, 6) is 7.50. The van der Waals surface area contributed by atoms with Crippen LogP contribution in [0.5, 0.6) is 11.5 Å². The van der Waals surface area contributed by atoms with Gasteiger partial charge in [0.1, 0.15) is 11.7 Å². The maximum atomic E-state index is 13.7. The van der Waals surface area contributed by atoms with E-state index in [1.807, 2.05) is 36.4 Å². The first-order valence-corrected chi connectivity index (χ1v) is 21.4. The normalized spacial score (nSPS) is 25.6. The van der Waals surface area contributed by atoms with Gasteiger partial charge in [0.05, 0.1) is 25.1 Å². The number of hydrogen-bond donors (Lipinski definition) is 7. The zero-order valence-corrected chi connectivity index (χ0v) is 34.0. The number of nitrogens with two attached hydrogens (primary N) is 1. The lowest BCUT2D eigenvalue weighted by atomic mass is 9.71. The number of ether oxygens (including phenoxy) is 1. The van der Waals surface area contributed by atoms with Crippen molar-refractivity contribution in [3.05, 3.63) is 88.8 Å². The molecule has 2 heterocycles. The molecular weight excluding hydrogens is 731 g/mol. The first-order chi connectivity index (χ1) is 28.1. The number of methoxy groups -OCH3 is 1. The van der Waals surface area contributed by atoms with Crippen molar-refractivity contribution < 1.29 is 34.8 Å². The highest BCUT2D eigenvalue weighted by Gasteiger charge is 2.37. The maximum Gasteiger partial charge on any atom is 0.160 e. The Morgan fingerprint density at radius 2 is 1.86 bits per heavy atom. The molecule has 2 aromatic rings. The SMILES string of the molecule is COc1cc2c(cc1O)C(CCC(O)CC(C=Cc1ccccc1)C1=CCNC(N)=C1)C#CC(C(O)CCCC(CCO)C1CNC3CC(=O)CCC3C1)C(=O)CC2. The molecule has 0 bridgehead atoms. The number of allylic oxidation sites excluding steroid dienone is 3. The van der Waals surface area contributed by atoms with Crippen LogP contribution in [0.3, 0.4) is 0 Å². The minimum atomic E-state index is -0.945. The van der Waals surface area contributed by atoms with Crippen LogP contribution in [0.2, 0.25) is 0 Å². The van der Waals surface area contributed by atoms with Crippen molar-refractivity contribution in [2.75, 3.05) is 26.8 Å². The number of phenols is 1. The van der Waals surface area contributed by atoms with Gasteiger partial charge in [-0.05, 0) is 123 Å². The van der Waals surface area contributed by atoms with E-state index >= 15 is 0 Å². The number of aryl methyl sites for hydroxylation is 1. The number of ketones is 2. The smallest absolute Gasteiger partial charge is 0.160 e. The Morgan fingerprint density at radius 1 is 1.03 bits per heavy atom. The van der Waals surface area contributed by atoms with Crippen molar-refractivity contribution in [1.29, 1.82) is 0 Å². The Morgan fingerprint density at radius 3 is 2.64 bits per heavy atom. The van der Waals surface area contributed by atoms with Crippen LogP contribution in [0, 0.1) is 41.4 Å². The van der Waals surface area contributed by atoms with Gasteiger partial charge in [-0.1, -0.05) is 66.8 Å². The van der Waals surface area contributed by atoms with Crippen LogP contribution in [0.4, 0.5) is 0 Å². The summed E-state index contributed by atoms with van der Waals surface area (Å²) in [5, 5.41) is 50.7. The molecule has 0 radical (unpaired) electrons. The number of Topliss-reactive ketones (excluding diaryl/α,β-unsaturated/α-hetero) is 2. The number of fused-ring (bicyclic) bond motifs is 2. The van der Waals surface area contributed by atoms with E-state index in [9.17, 15) is 30.0 Å². The molecule has 1 saturated carbocycles. The topological polar surface area (TPSA) is 174 Å². The Bertz CT molecular complexity index is 1860. The van der Waals surface area contributed by atoms with Crippen LogP contribution in [0.1, 0.15) is 99.7 Å². The maximum absolute atomic E-state index is 13.7. The molecule has 4 aliphatic rings. The van der Waals surface area contributed by atoms with E-state index in [0.717, 1.165) is 48.1 Å². The van der Waals surface area contributed by atoms with Crippen molar-refractivity contribution >= 4 is 17.6 Å². The minimum Gasteiger partial charge on any atom is -0.504 e. The van der Waals surface area contributed by atoms with Gasteiger partial charge in [-0.2, -0.15) is 0 Å². The molecule has 9 unspecified atom stereocenters. The monoisotopic (exact) mass is 793 g/mol. The Labute approximate surface area is 344 Å².